The molecule has 0 N–H and O–H groups in total. The lowest BCUT2D eigenvalue weighted by atomic mass is 10.00. The molecule has 0 aliphatic heterocycles. The highest BCUT2D eigenvalue weighted by Crippen LogP contribution is 2.14. The van der Waals surface area contributed by atoms with Crippen LogP contribution in [0, 0.1) is 5.92 Å². The van der Waals surface area contributed by atoms with Crippen LogP contribution < -0.4 is 0 Å². The highest BCUT2D eigenvalue weighted by atomic mass is 16.6. The Hall–Kier alpha value is -1.10. The van der Waals surface area contributed by atoms with Gasteiger partial charge in [-0.1, -0.05) is 65.7 Å². The zero-order valence-electron chi connectivity index (χ0n) is 17.2. The van der Waals surface area contributed by atoms with Crippen LogP contribution in [0.5, 0.6) is 0 Å². The largest absolute Gasteiger partial charge is 0.463 e. The highest BCUT2D eigenvalue weighted by Gasteiger charge is 2.16. The van der Waals surface area contributed by atoms with Gasteiger partial charge in [0, 0.05) is 6.42 Å². The first kappa shape index (κ1) is 24.9. The van der Waals surface area contributed by atoms with Crippen LogP contribution in [0.25, 0.3) is 0 Å². The summed E-state index contributed by atoms with van der Waals surface area (Å²) in [4.78, 5) is 23.5. The van der Waals surface area contributed by atoms with E-state index in [1.807, 2.05) is 6.92 Å². The lowest BCUT2D eigenvalue weighted by Crippen LogP contribution is -2.20. The zero-order chi connectivity index (χ0) is 19.5. The fraction of sp³-hybridized carbons (Fsp3) is 0.905. The lowest BCUT2D eigenvalue weighted by molar-refractivity contribution is -0.150. The van der Waals surface area contributed by atoms with Crippen LogP contribution in [0.4, 0.5) is 0 Å². The number of carbonyl (C=O) groups excluding carboxylic acids is 2. The number of rotatable bonds is 18. The van der Waals surface area contributed by atoms with Gasteiger partial charge in [0.25, 0.3) is 0 Å². The van der Waals surface area contributed by atoms with Crippen LogP contribution in [0.1, 0.15) is 91.4 Å². The molecule has 0 heterocycles. The molecule has 0 bridgehead atoms. The standard InChI is InChI=1S/C21H40O5/c1-4-7-9-10-11-12-14-20(22)25-17-15-24-16-18-26-21(23)19(6-3)13-8-5-2/h19H,4-18H2,1-3H3. The maximum atomic E-state index is 11.9. The maximum absolute atomic E-state index is 11.9. The minimum absolute atomic E-state index is 0.00197. The molecule has 154 valence electrons. The number of carbonyl (C=O) groups is 2. The van der Waals surface area contributed by atoms with Gasteiger partial charge in [0.05, 0.1) is 19.1 Å². The van der Waals surface area contributed by atoms with Crippen molar-refractivity contribution in [2.45, 2.75) is 91.4 Å². The minimum Gasteiger partial charge on any atom is -0.463 e. The molecule has 0 saturated heterocycles. The molecule has 0 rings (SSSR count). The first-order valence-electron chi connectivity index (χ1n) is 10.6. The van der Waals surface area contributed by atoms with Crippen LogP contribution in [0.2, 0.25) is 0 Å². The van der Waals surface area contributed by atoms with Gasteiger partial charge in [-0.15, -0.1) is 0 Å². The third kappa shape index (κ3) is 15.2. The molecular weight excluding hydrogens is 332 g/mol. The fourth-order valence-electron chi connectivity index (χ4n) is 2.70. The Morgan fingerprint density at radius 3 is 2.00 bits per heavy atom. The van der Waals surface area contributed by atoms with Crippen LogP contribution in [0.15, 0.2) is 0 Å². The maximum Gasteiger partial charge on any atom is 0.308 e. The summed E-state index contributed by atoms with van der Waals surface area (Å²) < 4.78 is 15.7. The van der Waals surface area contributed by atoms with Crippen LogP contribution in [-0.2, 0) is 23.8 Å². The van der Waals surface area contributed by atoms with E-state index in [2.05, 4.69) is 13.8 Å². The van der Waals surface area contributed by atoms with E-state index in [-0.39, 0.29) is 31.1 Å². The zero-order valence-corrected chi connectivity index (χ0v) is 17.2. The smallest absolute Gasteiger partial charge is 0.308 e. The van der Waals surface area contributed by atoms with E-state index in [9.17, 15) is 9.59 Å². The molecule has 0 spiro atoms. The SMILES string of the molecule is CCCCCCCCC(=O)OCCOCCOC(=O)C(CC)CCCC. The molecule has 5 nitrogen and oxygen atoms in total. The van der Waals surface area contributed by atoms with Crippen molar-refractivity contribution in [1.82, 2.24) is 0 Å². The van der Waals surface area contributed by atoms with Gasteiger partial charge in [-0.2, -0.15) is 0 Å². The summed E-state index contributed by atoms with van der Waals surface area (Å²) in [5.41, 5.74) is 0. The fourth-order valence-corrected chi connectivity index (χ4v) is 2.70. The predicted octanol–water partition coefficient (Wildman–Crippen LogP) is 5.06. The topological polar surface area (TPSA) is 61.8 Å². The van der Waals surface area contributed by atoms with E-state index in [1.54, 1.807) is 0 Å². The predicted molar refractivity (Wildman–Crippen MR) is 104 cm³/mol. The van der Waals surface area contributed by atoms with Gasteiger partial charge in [-0.25, -0.2) is 0 Å². The Balaban J connectivity index is 3.46. The number of esters is 2. The first-order valence-corrected chi connectivity index (χ1v) is 10.6. The molecule has 0 aromatic rings. The van der Waals surface area contributed by atoms with Gasteiger partial charge in [-0.05, 0) is 19.3 Å². The molecule has 1 atom stereocenters. The van der Waals surface area contributed by atoms with Crippen molar-refractivity contribution in [1.29, 1.82) is 0 Å². The number of ether oxygens (including phenoxy) is 3. The van der Waals surface area contributed by atoms with E-state index >= 15 is 0 Å². The molecule has 0 saturated carbocycles. The average Bonchev–Trinajstić information content (AvgIpc) is 2.64. The molecule has 1 unspecified atom stereocenters. The summed E-state index contributed by atoms with van der Waals surface area (Å²) in [6.07, 6.45) is 11.3. The van der Waals surface area contributed by atoms with Gasteiger partial charge >= 0.3 is 11.9 Å². The second-order valence-corrected chi connectivity index (χ2v) is 6.77. The Bertz CT molecular complexity index is 343. The van der Waals surface area contributed by atoms with Crippen molar-refractivity contribution in [3.63, 3.8) is 0 Å². The average molecular weight is 373 g/mol. The lowest BCUT2D eigenvalue weighted by Gasteiger charge is -2.13. The molecular formula is C21H40O5. The van der Waals surface area contributed by atoms with Crippen LogP contribution in [-0.4, -0.2) is 38.4 Å². The van der Waals surface area contributed by atoms with E-state index < -0.39 is 0 Å². The second-order valence-electron chi connectivity index (χ2n) is 6.77. The summed E-state index contributed by atoms with van der Waals surface area (Å²) in [6, 6.07) is 0. The number of hydrogen-bond donors (Lipinski definition) is 0. The summed E-state index contributed by atoms with van der Waals surface area (Å²) in [7, 11) is 0. The minimum atomic E-state index is -0.155. The normalized spacial score (nSPS) is 12.0. The quantitative estimate of drug-likeness (QED) is 0.249. The third-order valence-electron chi connectivity index (χ3n) is 4.43. The van der Waals surface area contributed by atoms with E-state index in [4.69, 9.17) is 14.2 Å². The van der Waals surface area contributed by atoms with Crippen molar-refractivity contribution in [3.05, 3.63) is 0 Å². The van der Waals surface area contributed by atoms with Crippen molar-refractivity contribution in [2.75, 3.05) is 26.4 Å². The molecule has 0 aliphatic carbocycles. The summed E-state index contributed by atoms with van der Waals surface area (Å²) >= 11 is 0. The molecule has 0 amide bonds. The second kappa shape index (κ2) is 18.7. The summed E-state index contributed by atoms with van der Waals surface area (Å²) in [5.74, 6) is -0.287. The van der Waals surface area contributed by atoms with Crippen LogP contribution >= 0.6 is 0 Å². The molecule has 26 heavy (non-hydrogen) atoms. The Labute approximate surface area is 160 Å². The number of hydrogen-bond acceptors (Lipinski definition) is 5. The van der Waals surface area contributed by atoms with Crippen LogP contribution in [0.3, 0.4) is 0 Å². The Morgan fingerprint density at radius 1 is 0.731 bits per heavy atom. The van der Waals surface area contributed by atoms with Crippen molar-refractivity contribution < 1.29 is 23.8 Å². The molecule has 0 aromatic carbocycles. The van der Waals surface area contributed by atoms with E-state index in [0.717, 1.165) is 38.5 Å². The van der Waals surface area contributed by atoms with Gasteiger partial charge < -0.3 is 14.2 Å². The first-order chi connectivity index (χ1) is 12.7. The Morgan fingerprint density at radius 2 is 1.35 bits per heavy atom. The van der Waals surface area contributed by atoms with E-state index in [0.29, 0.717) is 19.6 Å². The molecule has 0 radical (unpaired) electrons. The molecule has 0 fully saturated rings. The number of unbranched alkanes of at least 4 members (excludes halogenated alkanes) is 6. The van der Waals surface area contributed by atoms with Gasteiger partial charge in [0.1, 0.15) is 13.2 Å². The monoisotopic (exact) mass is 372 g/mol. The van der Waals surface area contributed by atoms with E-state index in [1.165, 1.54) is 25.7 Å². The Kier molecular flexibility index (Phi) is 17.9. The molecule has 0 aromatic heterocycles. The van der Waals surface area contributed by atoms with Crippen molar-refractivity contribution in [2.24, 2.45) is 5.92 Å². The molecule has 0 aliphatic rings. The highest BCUT2D eigenvalue weighted by molar-refractivity contribution is 5.72. The van der Waals surface area contributed by atoms with Gasteiger partial charge in [0.15, 0.2) is 0 Å². The summed E-state index contributed by atoms with van der Waals surface area (Å²) in [5, 5.41) is 0. The van der Waals surface area contributed by atoms with Gasteiger partial charge in [0.2, 0.25) is 0 Å². The molecule has 5 heteroatoms. The third-order valence-corrected chi connectivity index (χ3v) is 4.43. The van der Waals surface area contributed by atoms with Crippen molar-refractivity contribution >= 4 is 11.9 Å². The van der Waals surface area contributed by atoms with Gasteiger partial charge in [-0.3, -0.25) is 9.59 Å². The summed E-state index contributed by atoms with van der Waals surface area (Å²) in [6.45, 7) is 7.52. The van der Waals surface area contributed by atoms with Crippen molar-refractivity contribution in [3.8, 4) is 0 Å².